The lowest BCUT2D eigenvalue weighted by atomic mass is 10.1. The first-order valence-electron chi connectivity index (χ1n) is 7.98. The Morgan fingerprint density at radius 1 is 1.28 bits per heavy atom. The lowest BCUT2D eigenvalue weighted by Gasteiger charge is -2.16. The van der Waals surface area contributed by atoms with E-state index in [1.165, 1.54) is 17.0 Å². The van der Waals surface area contributed by atoms with Crippen molar-refractivity contribution in [1.29, 1.82) is 0 Å². The minimum atomic E-state index is -3.70. The average molecular weight is 366 g/mol. The molecule has 1 N–H and O–H groups in total. The van der Waals surface area contributed by atoms with Gasteiger partial charge >= 0.3 is 6.03 Å². The van der Waals surface area contributed by atoms with Crippen LogP contribution >= 0.6 is 0 Å². The minimum Gasteiger partial charge on any atom is -0.337 e. The topological polar surface area (TPSA) is 92.8 Å². The van der Waals surface area contributed by atoms with E-state index in [0.717, 1.165) is 18.2 Å². The number of carbonyl (C=O) groups is 2. The second kappa shape index (κ2) is 7.79. The first kappa shape index (κ1) is 19.1. The van der Waals surface area contributed by atoms with Crippen molar-refractivity contribution in [2.45, 2.75) is 31.6 Å². The van der Waals surface area contributed by atoms with E-state index >= 15 is 0 Å². The first-order valence-corrected chi connectivity index (χ1v) is 9.38. The molecule has 1 aromatic rings. The molecule has 0 saturated carbocycles. The van der Waals surface area contributed by atoms with Crippen molar-refractivity contribution >= 4 is 22.1 Å². The number of nitrogens with zero attached hydrogens (tertiary/aromatic N) is 1. The van der Waals surface area contributed by atoms with Crippen LogP contribution in [0.25, 0.3) is 0 Å². The Labute approximate surface area is 147 Å². The molecule has 3 amide bonds. The molecule has 1 aromatic carbocycles. The van der Waals surface area contributed by atoms with E-state index in [4.69, 9.17) is 0 Å². The fraction of sp³-hybridized carbons (Fsp3) is 0.412. The summed E-state index contributed by atoms with van der Waals surface area (Å²) < 4.78 is 27.5. The van der Waals surface area contributed by atoms with Gasteiger partial charge in [-0.05, 0) is 43.0 Å². The van der Waals surface area contributed by atoms with Gasteiger partial charge in [0.15, 0.2) is 0 Å². The molecule has 0 saturated heterocycles. The van der Waals surface area contributed by atoms with Crippen molar-refractivity contribution in [1.82, 2.24) is 10.2 Å². The summed E-state index contributed by atoms with van der Waals surface area (Å²) in [5, 5.41) is 2.72. The maximum absolute atomic E-state index is 12.1. The molecule has 8 heteroatoms. The zero-order chi connectivity index (χ0) is 18.6. The predicted molar refractivity (Wildman–Crippen MR) is 92.4 cm³/mol. The Bertz CT molecular complexity index is 797. The Morgan fingerprint density at radius 3 is 2.44 bits per heavy atom. The van der Waals surface area contributed by atoms with Crippen LogP contribution in [-0.4, -0.2) is 45.5 Å². The van der Waals surface area contributed by atoms with E-state index < -0.39 is 16.1 Å². The monoisotopic (exact) mass is 366 g/mol. The van der Waals surface area contributed by atoms with Gasteiger partial charge in [0.25, 0.3) is 16.0 Å². The standard InChI is InChI=1S/C17H22N2O5S/c1-4-15-12(2)11-19(16(15)20)17(21)18-10-9-13-5-7-14(8-6-13)25(22,23)24-3/h5-8H,4,9-11H2,1-3H3,(H,18,21). The number of hydrogen-bond acceptors (Lipinski definition) is 5. The van der Waals surface area contributed by atoms with Crippen molar-refractivity contribution in [3.63, 3.8) is 0 Å². The molecule has 0 aromatic heterocycles. The van der Waals surface area contributed by atoms with Gasteiger partial charge < -0.3 is 5.32 Å². The number of benzene rings is 1. The molecule has 0 bridgehead atoms. The third-order valence-electron chi connectivity index (χ3n) is 4.13. The number of urea groups is 1. The van der Waals surface area contributed by atoms with Crippen LogP contribution in [0.1, 0.15) is 25.8 Å². The van der Waals surface area contributed by atoms with Gasteiger partial charge in [-0.25, -0.2) is 4.79 Å². The number of nitrogens with one attached hydrogen (secondary N) is 1. The normalized spacial score (nSPS) is 15.0. The van der Waals surface area contributed by atoms with Gasteiger partial charge in [-0.15, -0.1) is 0 Å². The first-order chi connectivity index (χ1) is 11.8. The lowest BCUT2D eigenvalue weighted by molar-refractivity contribution is -0.123. The smallest absolute Gasteiger partial charge is 0.324 e. The summed E-state index contributed by atoms with van der Waals surface area (Å²) in [5.74, 6) is -0.230. The highest BCUT2D eigenvalue weighted by atomic mass is 32.2. The van der Waals surface area contributed by atoms with Crippen molar-refractivity contribution in [3.8, 4) is 0 Å². The quantitative estimate of drug-likeness (QED) is 0.776. The summed E-state index contributed by atoms with van der Waals surface area (Å²) in [7, 11) is -2.59. The molecule has 0 spiro atoms. The van der Waals surface area contributed by atoms with E-state index in [1.54, 1.807) is 12.1 Å². The molecule has 0 unspecified atom stereocenters. The fourth-order valence-electron chi connectivity index (χ4n) is 2.70. The highest BCUT2D eigenvalue weighted by Gasteiger charge is 2.31. The van der Waals surface area contributed by atoms with Gasteiger partial charge in [-0.3, -0.25) is 13.9 Å². The second-order valence-corrected chi connectivity index (χ2v) is 7.46. The molecule has 0 aliphatic carbocycles. The highest BCUT2D eigenvalue weighted by molar-refractivity contribution is 7.86. The van der Waals surface area contributed by atoms with Gasteiger partial charge in [-0.2, -0.15) is 8.42 Å². The molecule has 0 atom stereocenters. The van der Waals surface area contributed by atoms with E-state index in [1.807, 2.05) is 13.8 Å². The molecule has 1 aliphatic rings. The van der Waals surface area contributed by atoms with E-state index in [-0.39, 0.29) is 10.8 Å². The second-order valence-electron chi connectivity index (χ2n) is 5.75. The average Bonchev–Trinajstić information content (AvgIpc) is 2.89. The van der Waals surface area contributed by atoms with Gasteiger partial charge in [0.05, 0.1) is 18.6 Å². The third kappa shape index (κ3) is 4.26. The Hall–Kier alpha value is -2.19. The summed E-state index contributed by atoms with van der Waals surface area (Å²) in [6.45, 7) is 4.43. The van der Waals surface area contributed by atoms with Crippen molar-refractivity contribution in [2.24, 2.45) is 0 Å². The molecule has 0 radical (unpaired) electrons. The molecular weight excluding hydrogens is 344 g/mol. The van der Waals surface area contributed by atoms with Crippen LogP contribution in [-0.2, 0) is 25.5 Å². The maximum Gasteiger partial charge on any atom is 0.324 e. The summed E-state index contributed by atoms with van der Waals surface area (Å²) in [5.41, 5.74) is 2.49. The maximum atomic E-state index is 12.1. The van der Waals surface area contributed by atoms with Crippen molar-refractivity contribution < 1.29 is 22.2 Å². The number of carbonyl (C=O) groups excluding carboxylic acids is 2. The zero-order valence-electron chi connectivity index (χ0n) is 14.5. The molecule has 0 fully saturated rings. The SMILES string of the molecule is CCC1=C(C)CN(C(=O)NCCc2ccc(S(=O)(=O)OC)cc2)C1=O. The van der Waals surface area contributed by atoms with Gasteiger partial charge in [0.1, 0.15) is 0 Å². The molecule has 25 heavy (non-hydrogen) atoms. The van der Waals surface area contributed by atoms with Crippen LogP contribution in [0.3, 0.4) is 0 Å². The fourth-order valence-corrected chi connectivity index (χ4v) is 3.36. The van der Waals surface area contributed by atoms with Crippen LogP contribution in [0.2, 0.25) is 0 Å². The number of hydrogen-bond donors (Lipinski definition) is 1. The van der Waals surface area contributed by atoms with Crippen molar-refractivity contribution in [2.75, 3.05) is 20.2 Å². The zero-order valence-corrected chi connectivity index (χ0v) is 15.4. The van der Waals surface area contributed by atoms with Crippen LogP contribution in [0.4, 0.5) is 4.79 Å². The lowest BCUT2D eigenvalue weighted by Crippen LogP contribution is -2.42. The molecular formula is C17H22N2O5S. The van der Waals surface area contributed by atoms with Gasteiger partial charge in [-0.1, -0.05) is 19.1 Å². The Balaban J connectivity index is 1.87. The molecule has 136 valence electrons. The van der Waals surface area contributed by atoms with Crippen LogP contribution in [0, 0.1) is 0 Å². The molecule has 7 nitrogen and oxygen atoms in total. The number of rotatable bonds is 6. The van der Waals surface area contributed by atoms with E-state index in [0.29, 0.717) is 31.5 Å². The molecule has 1 aliphatic heterocycles. The van der Waals surface area contributed by atoms with Crippen molar-refractivity contribution in [3.05, 3.63) is 41.0 Å². The summed E-state index contributed by atoms with van der Waals surface area (Å²) in [4.78, 5) is 25.6. The van der Waals surface area contributed by atoms with Crippen LogP contribution < -0.4 is 5.32 Å². The third-order valence-corrected chi connectivity index (χ3v) is 5.42. The highest BCUT2D eigenvalue weighted by Crippen LogP contribution is 2.21. The largest absolute Gasteiger partial charge is 0.337 e. The summed E-state index contributed by atoms with van der Waals surface area (Å²) in [6, 6.07) is 5.84. The molecule has 2 rings (SSSR count). The number of imide groups is 1. The van der Waals surface area contributed by atoms with Crippen LogP contribution in [0.5, 0.6) is 0 Å². The summed E-state index contributed by atoms with van der Waals surface area (Å²) in [6.07, 6.45) is 1.14. The van der Waals surface area contributed by atoms with E-state index in [2.05, 4.69) is 9.50 Å². The minimum absolute atomic E-state index is 0.0825. The van der Waals surface area contributed by atoms with Gasteiger partial charge in [0, 0.05) is 12.1 Å². The van der Waals surface area contributed by atoms with Gasteiger partial charge in [0.2, 0.25) is 0 Å². The van der Waals surface area contributed by atoms with E-state index in [9.17, 15) is 18.0 Å². The predicted octanol–water partition coefficient (Wildman–Crippen LogP) is 1.84. The Kier molecular flexibility index (Phi) is 5.97. The number of amides is 3. The molecule has 1 heterocycles. The summed E-state index contributed by atoms with van der Waals surface area (Å²) >= 11 is 0. The van der Waals surface area contributed by atoms with Crippen LogP contribution in [0.15, 0.2) is 40.3 Å². The Morgan fingerprint density at radius 2 is 1.92 bits per heavy atom.